The van der Waals surface area contributed by atoms with Crippen LogP contribution >= 0.6 is 0 Å². The smallest absolute Gasteiger partial charge is 0.180 e. The largest absolute Gasteiger partial charge is 0.496 e. The van der Waals surface area contributed by atoms with E-state index in [4.69, 9.17) is 9.47 Å². The van der Waals surface area contributed by atoms with Gasteiger partial charge < -0.3 is 9.47 Å². The Labute approximate surface area is 117 Å². The summed E-state index contributed by atoms with van der Waals surface area (Å²) in [6.07, 6.45) is 2.63. The fourth-order valence-electron chi connectivity index (χ4n) is 3.01. The van der Waals surface area contributed by atoms with Crippen LogP contribution in [0, 0.1) is 5.82 Å². The minimum absolute atomic E-state index is 0.109. The zero-order valence-electron chi connectivity index (χ0n) is 11.5. The zero-order valence-corrected chi connectivity index (χ0v) is 11.5. The second-order valence-electron chi connectivity index (χ2n) is 5.42. The lowest BCUT2D eigenvalue weighted by Gasteiger charge is -2.31. The van der Waals surface area contributed by atoms with E-state index in [1.54, 1.807) is 0 Å². The number of carbonyl (C=O) groups excluding carboxylic acids is 1. The number of hydrogen-bond donors (Lipinski definition) is 0. The van der Waals surface area contributed by atoms with Crippen molar-refractivity contribution >= 4 is 5.78 Å². The summed E-state index contributed by atoms with van der Waals surface area (Å²) in [5.41, 5.74) is 0.311. The lowest BCUT2D eigenvalue weighted by Crippen LogP contribution is -2.44. The monoisotopic (exact) mass is 279 g/mol. The fraction of sp³-hybridized carbons (Fsp3) is 0.533. The van der Waals surface area contributed by atoms with Crippen molar-refractivity contribution in [3.05, 3.63) is 29.6 Å². The number of carbonyl (C=O) groups is 1. The number of hydrogen-bond acceptors (Lipinski definition) is 4. The number of halogens is 1. The van der Waals surface area contributed by atoms with E-state index in [1.165, 1.54) is 25.3 Å². The molecule has 20 heavy (non-hydrogen) atoms. The predicted octanol–water partition coefficient (Wildman–Crippen LogP) is 1.88. The molecule has 2 fully saturated rings. The molecular formula is C15H18FNO3. The third kappa shape index (κ3) is 2.69. The summed E-state index contributed by atoms with van der Waals surface area (Å²) in [7, 11) is 1.49. The van der Waals surface area contributed by atoms with Crippen LogP contribution in [0.1, 0.15) is 23.2 Å². The lowest BCUT2D eigenvalue weighted by molar-refractivity contribution is -0.0355. The van der Waals surface area contributed by atoms with Gasteiger partial charge >= 0.3 is 0 Å². The van der Waals surface area contributed by atoms with Crippen LogP contribution in [0.5, 0.6) is 5.75 Å². The van der Waals surface area contributed by atoms with Gasteiger partial charge in [0.25, 0.3) is 0 Å². The summed E-state index contributed by atoms with van der Waals surface area (Å²) in [6.45, 7) is 1.84. The van der Waals surface area contributed by atoms with Crippen LogP contribution in [0.3, 0.4) is 0 Å². The van der Waals surface area contributed by atoms with Crippen LogP contribution in [0.2, 0.25) is 0 Å². The number of ketones is 1. The number of morpholine rings is 1. The molecular weight excluding hydrogens is 261 g/mol. The molecule has 2 aliphatic rings. The first-order valence-electron chi connectivity index (χ1n) is 6.90. The van der Waals surface area contributed by atoms with Gasteiger partial charge in [0.15, 0.2) is 5.78 Å². The molecule has 2 unspecified atom stereocenters. The molecule has 0 aromatic heterocycles. The van der Waals surface area contributed by atoms with E-state index in [0.717, 1.165) is 25.9 Å². The van der Waals surface area contributed by atoms with Gasteiger partial charge in [-0.2, -0.15) is 0 Å². The van der Waals surface area contributed by atoms with Crippen molar-refractivity contribution in [3.63, 3.8) is 0 Å². The Morgan fingerprint density at radius 3 is 2.75 bits per heavy atom. The van der Waals surface area contributed by atoms with Gasteiger partial charge in [0.1, 0.15) is 11.6 Å². The molecule has 4 nitrogen and oxygen atoms in total. The highest BCUT2D eigenvalue weighted by molar-refractivity contribution is 6.00. The Balaban J connectivity index is 1.71. The van der Waals surface area contributed by atoms with Gasteiger partial charge in [-0.1, -0.05) is 0 Å². The van der Waals surface area contributed by atoms with Crippen molar-refractivity contribution in [2.24, 2.45) is 0 Å². The molecule has 0 spiro atoms. The average molecular weight is 279 g/mol. The van der Waals surface area contributed by atoms with Gasteiger partial charge in [-0.25, -0.2) is 4.39 Å². The van der Waals surface area contributed by atoms with E-state index < -0.39 is 5.82 Å². The van der Waals surface area contributed by atoms with E-state index in [-0.39, 0.29) is 24.5 Å². The van der Waals surface area contributed by atoms with E-state index in [9.17, 15) is 9.18 Å². The number of fused-ring (bicyclic) bond motifs is 2. The third-order valence-electron chi connectivity index (χ3n) is 3.95. The summed E-state index contributed by atoms with van der Waals surface area (Å²) in [5, 5.41) is 0. The maximum absolute atomic E-state index is 13.3. The Bertz CT molecular complexity index is 508. The van der Waals surface area contributed by atoms with E-state index in [1.807, 2.05) is 0 Å². The average Bonchev–Trinajstić information content (AvgIpc) is 2.78. The Hall–Kier alpha value is -1.46. The van der Waals surface area contributed by atoms with Crippen molar-refractivity contribution in [2.75, 3.05) is 26.7 Å². The number of Topliss-reactive ketones (excluding diaryl/α,β-unsaturated/α-hetero) is 1. The highest BCUT2D eigenvalue weighted by Crippen LogP contribution is 2.27. The Kier molecular flexibility index (Phi) is 3.72. The van der Waals surface area contributed by atoms with Crippen LogP contribution in [0.15, 0.2) is 18.2 Å². The standard InChI is InChI=1S/C15H18FNO3/c1-19-15-5-2-10(16)6-13(15)14(18)9-17-7-11-3-4-12(8-17)20-11/h2,5-6,11-12H,3-4,7-9H2,1H3. The van der Waals surface area contributed by atoms with Crippen molar-refractivity contribution in [1.82, 2.24) is 4.90 Å². The minimum Gasteiger partial charge on any atom is -0.496 e. The first kappa shape index (κ1) is 13.5. The molecule has 3 rings (SSSR count). The first-order valence-corrected chi connectivity index (χ1v) is 6.90. The highest BCUT2D eigenvalue weighted by atomic mass is 19.1. The molecule has 2 heterocycles. The summed E-state index contributed by atoms with van der Waals surface area (Å²) >= 11 is 0. The number of likely N-dealkylation sites (tertiary alicyclic amines) is 1. The van der Waals surface area contributed by atoms with Gasteiger partial charge in [0.05, 0.1) is 31.4 Å². The molecule has 0 radical (unpaired) electrons. The maximum atomic E-state index is 13.3. The van der Waals surface area contributed by atoms with Gasteiger partial charge in [-0.15, -0.1) is 0 Å². The van der Waals surface area contributed by atoms with Crippen molar-refractivity contribution in [3.8, 4) is 5.75 Å². The fourth-order valence-corrected chi connectivity index (χ4v) is 3.01. The molecule has 2 atom stereocenters. The van der Waals surface area contributed by atoms with Crippen LogP contribution < -0.4 is 4.74 Å². The Morgan fingerprint density at radius 1 is 1.40 bits per heavy atom. The van der Waals surface area contributed by atoms with Gasteiger partial charge in [0, 0.05) is 13.1 Å². The Morgan fingerprint density at radius 2 is 2.10 bits per heavy atom. The first-order chi connectivity index (χ1) is 9.65. The third-order valence-corrected chi connectivity index (χ3v) is 3.95. The van der Waals surface area contributed by atoms with E-state index in [0.29, 0.717) is 11.3 Å². The second-order valence-corrected chi connectivity index (χ2v) is 5.42. The molecule has 2 saturated heterocycles. The van der Waals surface area contributed by atoms with Gasteiger partial charge in [0.2, 0.25) is 0 Å². The summed E-state index contributed by atoms with van der Waals surface area (Å²) in [5.74, 6) is -0.105. The highest BCUT2D eigenvalue weighted by Gasteiger charge is 2.34. The predicted molar refractivity (Wildman–Crippen MR) is 71.6 cm³/mol. The molecule has 1 aromatic rings. The molecule has 2 bridgehead atoms. The molecule has 0 N–H and O–H groups in total. The molecule has 0 aliphatic carbocycles. The lowest BCUT2D eigenvalue weighted by atomic mass is 10.1. The van der Waals surface area contributed by atoms with Crippen molar-refractivity contribution < 1.29 is 18.7 Å². The number of ether oxygens (including phenoxy) is 2. The quantitative estimate of drug-likeness (QED) is 0.789. The van der Waals surface area contributed by atoms with Gasteiger partial charge in [-0.05, 0) is 31.0 Å². The normalized spacial score (nSPS) is 25.7. The summed E-state index contributed by atoms with van der Waals surface area (Å²) < 4.78 is 24.2. The molecule has 0 amide bonds. The minimum atomic E-state index is -0.420. The topological polar surface area (TPSA) is 38.8 Å². The molecule has 1 aromatic carbocycles. The number of methoxy groups -OCH3 is 1. The van der Waals surface area contributed by atoms with Crippen LogP contribution in [0.25, 0.3) is 0 Å². The summed E-state index contributed by atoms with van der Waals surface area (Å²) in [4.78, 5) is 14.4. The SMILES string of the molecule is COc1ccc(F)cc1C(=O)CN1CC2CCC(C1)O2. The van der Waals surface area contributed by atoms with E-state index in [2.05, 4.69) is 4.90 Å². The second kappa shape index (κ2) is 5.50. The van der Waals surface area contributed by atoms with Crippen LogP contribution in [-0.2, 0) is 4.74 Å². The molecule has 2 aliphatic heterocycles. The van der Waals surface area contributed by atoms with Crippen LogP contribution in [0.4, 0.5) is 4.39 Å². The zero-order chi connectivity index (χ0) is 14.1. The van der Waals surface area contributed by atoms with Crippen LogP contribution in [-0.4, -0.2) is 49.6 Å². The maximum Gasteiger partial charge on any atom is 0.180 e. The number of rotatable bonds is 4. The van der Waals surface area contributed by atoms with Crippen molar-refractivity contribution in [2.45, 2.75) is 25.0 Å². The molecule has 108 valence electrons. The molecule has 0 saturated carbocycles. The van der Waals surface area contributed by atoms with Crippen molar-refractivity contribution in [1.29, 1.82) is 0 Å². The number of benzene rings is 1. The molecule has 5 heteroatoms. The summed E-state index contributed by atoms with van der Waals surface area (Å²) in [6, 6.07) is 4.03. The van der Waals surface area contributed by atoms with Gasteiger partial charge in [-0.3, -0.25) is 9.69 Å². The number of nitrogens with zero attached hydrogens (tertiary/aromatic N) is 1. The van der Waals surface area contributed by atoms with E-state index >= 15 is 0 Å².